The molecule has 8 nitrogen and oxygen atoms in total. The van der Waals surface area contributed by atoms with E-state index < -0.39 is 5.25 Å². The molecule has 0 radical (unpaired) electrons. The number of aryl methyl sites for hydroxylation is 2. The molecule has 0 bridgehead atoms. The zero-order valence-corrected chi connectivity index (χ0v) is 21.1. The third kappa shape index (κ3) is 4.67. The number of para-hydroxylation sites is 1. The largest absolute Gasteiger partial charge is 0.496 e. The van der Waals surface area contributed by atoms with Gasteiger partial charge in [0, 0.05) is 17.8 Å². The Labute approximate surface area is 207 Å². The molecule has 1 amide bonds. The standard InChI is InChI=1S/C24H25ClN6O2S/c1-14-21(15(2)30(4)29-14)26-23(32)16(3)34-24-28-27-22(19-8-6-7-9-20(19)33-5)31(24)18-12-10-17(25)11-13-18/h6-13,16H,1-5H3,(H,26,32). The van der Waals surface area contributed by atoms with Crippen molar-refractivity contribution in [2.24, 2.45) is 7.05 Å². The molecule has 10 heteroatoms. The molecule has 0 fully saturated rings. The molecule has 4 rings (SSSR count). The van der Waals surface area contributed by atoms with Gasteiger partial charge in [0.25, 0.3) is 0 Å². The van der Waals surface area contributed by atoms with Crippen LogP contribution < -0.4 is 10.1 Å². The maximum atomic E-state index is 13.0. The molecule has 0 saturated heterocycles. The molecule has 1 atom stereocenters. The molecular weight excluding hydrogens is 472 g/mol. The van der Waals surface area contributed by atoms with Gasteiger partial charge < -0.3 is 10.1 Å². The highest BCUT2D eigenvalue weighted by atomic mass is 35.5. The van der Waals surface area contributed by atoms with Crippen LogP contribution in [0.1, 0.15) is 18.3 Å². The summed E-state index contributed by atoms with van der Waals surface area (Å²) in [4.78, 5) is 13.0. The van der Waals surface area contributed by atoms with Gasteiger partial charge in [-0.05, 0) is 57.2 Å². The Balaban J connectivity index is 1.69. The third-order valence-corrected chi connectivity index (χ3v) is 6.77. The van der Waals surface area contributed by atoms with Crippen LogP contribution in [-0.2, 0) is 11.8 Å². The number of carbonyl (C=O) groups is 1. The molecule has 0 saturated carbocycles. The Hall–Kier alpha value is -3.30. The van der Waals surface area contributed by atoms with Gasteiger partial charge in [0.05, 0.1) is 35.0 Å². The van der Waals surface area contributed by atoms with Crippen LogP contribution in [0.4, 0.5) is 5.69 Å². The number of anilines is 1. The summed E-state index contributed by atoms with van der Waals surface area (Å²) >= 11 is 7.44. The lowest BCUT2D eigenvalue weighted by Gasteiger charge is -2.15. The number of ether oxygens (including phenoxy) is 1. The molecule has 34 heavy (non-hydrogen) atoms. The van der Waals surface area contributed by atoms with E-state index in [-0.39, 0.29) is 5.91 Å². The molecule has 1 N–H and O–H groups in total. The van der Waals surface area contributed by atoms with E-state index in [2.05, 4.69) is 20.6 Å². The van der Waals surface area contributed by atoms with Gasteiger partial charge in [-0.2, -0.15) is 5.10 Å². The van der Waals surface area contributed by atoms with Gasteiger partial charge in [-0.25, -0.2) is 0 Å². The molecule has 0 spiro atoms. The number of benzene rings is 2. The van der Waals surface area contributed by atoms with Gasteiger partial charge in [0.1, 0.15) is 5.75 Å². The predicted molar refractivity (Wildman–Crippen MR) is 135 cm³/mol. The summed E-state index contributed by atoms with van der Waals surface area (Å²) in [5, 5.41) is 17.0. The van der Waals surface area contributed by atoms with Gasteiger partial charge in [0.2, 0.25) is 5.91 Å². The van der Waals surface area contributed by atoms with E-state index in [4.69, 9.17) is 16.3 Å². The van der Waals surface area contributed by atoms with Crippen LogP contribution in [0.2, 0.25) is 5.02 Å². The number of nitrogens with zero attached hydrogens (tertiary/aromatic N) is 5. The van der Waals surface area contributed by atoms with Crippen molar-refractivity contribution < 1.29 is 9.53 Å². The first-order chi connectivity index (χ1) is 16.3. The molecule has 4 aromatic rings. The topological polar surface area (TPSA) is 86.9 Å². The monoisotopic (exact) mass is 496 g/mol. The highest BCUT2D eigenvalue weighted by Crippen LogP contribution is 2.35. The average Bonchev–Trinajstić information content (AvgIpc) is 3.35. The second-order valence-corrected chi connectivity index (χ2v) is 9.48. The van der Waals surface area contributed by atoms with Gasteiger partial charge in [0.15, 0.2) is 11.0 Å². The van der Waals surface area contributed by atoms with Crippen molar-refractivity contribution in [3.05, 3.63) is 64.9 Å². The van der Waals surface area contributed by atoms with E-state index in [1.807, 2.05) is 68.8 Å². The number of rotatable bonds is 7. The molecule has 176 valence electrons. The van der Waals surface area contributed by atoms with Crippen LogP contribution in [0.5, 0.6) is 5.75 Å². The Morgan fingerprint density at radius 3 is 2.47 bits per heavy atom. The second kappa shape index (κ2) is 9.90. The summed E-state index contributed by atoms with van der Waals surface area (Å²) in [6, 6.07) is 15.0. The van der Waals surface area contributed by atoms with E-state index in [9.17, 15) is 4.79 Å². The van der Waals surface area contributed by atoms with Crippen molar-refractivity contribution >= 4 is 35.0 Å². The number of carbonyl (C=O) groups excluding carboxylic acids is 1. The number of aromatic nitrogens is 5. The lowest BCUT2D eigenvalue weighted by molar-refractivity contribution is -0.115. The van der Waals surface area contributed by atoms with Crippen molar-refractivity contribution in [2.45, 2.75) is 31.2 Å². The quantitative estimate of drug-likeness (QED) is 0.359. The number of hydrogen-bond acceptors (Lipinski definition) is 6. The summed E-state index contributed by atoms with van der Waals surface area (Å²) in [7, 11) is 3.47. The highest BCUT2D eigenvalue weighted by Gasteiger charge is 2.24. The van der Waals surface area contributed by atoms with Gasteiger partial charge >= 0.3 is 0 Å². The van der Waals surface area contributed by atoms with E-state index in [1.165, 1.54) is 11.8 Å². The zero-order chi connectivity index (χ0) is 24.4. The summed E-state index contributed by atoms with van der Waals surface area (Å²) in [6.45, 7) is 5.63. The van der Waals surface area contributed by atoms with Crippen LogP contribution in [0.15, 0.2) is 53.7 Å². The molecule has 2 aromatic carbocycles. The summed E-state index contributed by atoms with van der Waals surface area (Å²) < 4.78 is 9.20. The van der Waals surface area contributed by atoms with Gasteiger partial charge in [-0.3, -0.25) is 14.0 Å². The lowest BCUT2D eigenvalue weighted by Crippen LogP contribution is -2.23. The highest BCUT2D eigenvalue weighted by molar-refractivity contribution is 8.00. The fourth-order valence-electron chi connectivity index (χ4n) is 3.56. The predicted octanol–water partition coefficient (Wildman–Crippen LogP) is 5.07. The first-order valence-electron chi connectivity index (χ1n) is 10.6. The fourth-order valence-corrected chi connectivity index (χ4v) is 4.56. The Bertz CT molecular complexity index is 1330. The van der Waals surface area contributed by atoms with Crippen molar-refractivity contribution in [1.29, 1.82) is 0 Å². The first kappa shape index (κ1) is 23.8. The normalized spacial score (nSPS) is 11.9. The van der Waals surface area contributed by atoms with Gasteiger partial charge in [-0.1, -0.05) is 35.5 Å². The van der Waals surface area contributed by atoms with Crippen molar-refractivity contribution in [2.75, 3.05) is 12.4 Å². The first-order valence-corrected chi connectivity index (χ1v) is 11.9. The molecular formula is C24H25ClN6O2S. The summed E-state index contributed by atoms with van der Waals surface area (Å²) in [5.41, 5.74) is 4.01. The van der Waals surface area contributed by atoms with Gasteiger partial charge in [-0.15, -0.1) is 10.2 Å². The minimum Gasteiger partial charge on any atom is -0.496 e. The van der Waals surface area contributed by atoms with E-state index in [0.29, 0.717) is 21.8 Å². The number of methoxy groups -OCH3 is 1. The minimum atomic E-state index is -0.445. The van der Waals surface area contributed by atoms with E-state index >= 15 is 0 Å². The van der Waals surface area contributed by atoms with E-state index in [1.54, 1.807) is 23.9 Å². The van der Waals surface area contributed by atoms with Crippen LogP contribution in [0, 0.1) is 13.8 Å². The number of hydrogen-bond donors (Lipinski definition) is 1. The number of halogens is 1. The number of amides is 1. The van der Waals surface area contributed by atoms with Crippen LogP contribution in [-0.4, -0.2) is 42.8 Å². The van der Waals surface area contributed by atoms with E-state index in [0.717, 1.165) is 28.3 Å². The Morgan fingerprint density at radius 2 is 1.82 bits per heavy atom. The van der Waals surface area contributed by atoms with Crippen LogP contribution in [0.3, 0.4) is 0 Å². The second-order valence-electron chi connectivity index (χ2n) is 7.74. The van der Waals surface area contributed by atoms with Crippen molar-refractivity contribution in [1.82, 2.24) is 24.5 Å². The Kier molecular flexibility index (Phi) is 6.95. The fraction of sp³-hybridized carbons (Fsp3) is 0.250. The van der Waals surface area contributed by atoms with Crippen LogP contribution in [0.25, 0.3) is 17.1 Å². The third-order valence-electron chi connectivity index (χ3n) is 5.47. The van der Waals surface area contributed by atoms with Crippen LogP contribution >= 0.6 is 23.4 Å². The maximum Gasteiger partial charge on any atom is 0.237 e. The molecule has 2 aromatic heterocycles. The van der Waals surface area contributed by atoms with Crippen molar-refractivity contribution in [3.8, 4) is 22.8 Å². The average molecular weight is 497 g/mol. The number of thioether (sulfide) groups is 1. The SMILES string of the molecule is COc1ccccc1-c1nnc(SC(C)C(=O)Nc2c(C)nn(C)c2C)n1-c1ccc(Cl)cc1. The van der Waals surface area contributed by atoms with Crippen molar-refractivity contribution in [3.63, 3.8) is 0 Å². The maximum absolute atomic E-state index is 13.0. The molecule has 0 aliphatic carbocycles. The molecule has 0 aliphatic rings. The summed E-state index contributed by atoms with van der Waals surface area (Å²) in [5.74, 6) is 1.14. The molecule has 2 heterocycles. The number of nitrogens with one attached hydrogen (secondary N) is 1. The Morgan fingerprint density at radius 1 is 1.12 bits per heavy atom. The lowest BCUT2D eigenvalue weighted by atomic mass is 10.2. The summed E-state index contributed by atoms with van der Waals surface area (Å²) in [6.07, 6.45) is 0. The minimum absolute atomic E-state index is 0.145. The molecule has 0 aliphatic heterocycles. The smallest absolute Gasteiger partial charge is 0.237 e. The zero-order valence-electron chi connectivity index (χ0n) is 19.5. The molecule has 1 unspecified atom stereocenters.